The Morgan fingerprint density at radius 3 is 2.92 bits per heavy atom. The summed E-state index contributed by atoms with van der Waals surface area (Å²) < 4.78 is 37.9. The van der Waals surface area contributed by atoms with Crippen molar-refractivity contribution < 1.29 is 22.7 Å². The standard InChI is InChI=1S/C17H26N2O5S/c1-19(8-10-23-2)17(20)15-6-3-7-16(11-15)25(21,22)18-12-14-5-4-9-24-13-14/h3,6-7,11,14,18H,4-5,8-10,12-13H2,1-2H3/t14-/m1/s1. The highest BCUT2D eigenvalue weighted by molar-refractivity contribution is 7.89. The molecule has 1 aliphatic heterocycles. The maximum absolute atomic E-state index is 12.5. The first-order valence-corrected chi connectivity index (χ1v) is 9.84. The lowest BCUT2D eigenvalue weighted by molar-refractivity contribution is 0.0568. The van der Waals surface area contributed by atoms with Crippen LogP contribution in [0.4, 0.5) is 0 Å². The van der Waals surface area contributed by atoms with Crippen LogP contribution in [0.25, 0.3) is 0 Å². The van der Waals surface area contributed by atoms with E-state index in [1.54, 1.807) is 26.3 Å². The Morgan fingerprint density at radius 2 is 2.24 bits per heavy atom. The molecule has 1 heterocycles. The van der Waals surface area contributed by atoms with Gasteiger partial charge in [0.1, 0.15) is 0 Å². The van der Waals surface area contributed by atoms with Crippen LogP contribution in [-0.2, 0) is 19.5 Å². The Bertz CT molecular complexity index is 671. The van der Waals surface area contributed by atoms with Crippen LogP contribution in [0.5, 0.6) is 0 Å². The molecule has 2 rings (SSSR count). The molecule has 1 N–H and O–H groups in total. The van der Waals surface area contributed by atoms with Gasteiger partial charge in [0.25, 0.3) is 5.91 Å². The molecule has 1 atom stereocenters. The van der Waals surface area contributed by atoms with Crippen molar-refractivity contribution in [2.75, 3.05) is 47.1 Å². The van der Waals surface area contributed by atoms with E-state index in [0.717, 1.165) is 19.4 Å². The van der Waals surface area contributed by atoms with Gasteiger partial charge in [-0.1, -0.05) is 6.07 Å². The topological polar surface area (TPSA) is 84.9 Å². The summed E-state index contributed by atoms with van der Waals surface area (Å²) in [6.45, 7) is 2.51. The van der Waals surface area contributed by atoms with Crippen LogP contribution in [0, 0.1) is 5.92 Å². The molecular weight excluding hydrogens is 344 g/mol. The number of sulfonamides is 1. The fourth-order valence-electron chi connectivity index (χ4n) is 2.63. The van der Waals surface area contributed by atoms with Crippen molar-refractivity contribution in [2.24, 2.45) is 5.92 Å². The Labute approximate surface area is 149 Å². The van der Waals surface area contributed by atoms with Crippen LogP contribution < -0.4 is 4.72 Å². The van der Waals surface area contributed by atoms with Crippen LogP contribution in [0.2, 0.25) is 0 Å². The normalized spacial score (nSPS) is 18.1. The quantitative estimate of drug-likeness (QED) is 0.741. The summed E-state index contributed by atoms with van der Waals surface area (Å²) in [4.78, 5) is 14.0. The summed E-state index contributed by atoms with van der Waals surface area (Å²) in [6, 6.07) is 6.09. The average molecular weight is 370 g/mol. The van der Waals surface area contributed by atoms with Gasteiger partial charge in [-0.3, -0.25) is 4.79 Å². The third-order valence-electron chi connectivity index (χ3n) is 4.19. The molecule has 0 radical (unpaired) electrons. The summed E-state index contributed by atoms with van der Waals surface area (Å²) in [6.07, 6.45) is 1.90. The number of ether oxygens (including phenoxy) is 2. The molecule has 140 valence electrons. The molecule has 0 bridgehead atoms. The molecule has 1 aromatic rings. The molecule has 0 unspecified atom stereocenters. The Balaban J connectivity index is 2.04. The second-order valence-corrected chi connectivity index (χ2v) is 7.95. The Hall–Kier alpha value is -1.48. The van der Waals surface area contributed by atoms with Crippen LogP contribution in [-0.4, -0.2) is 66.3 Å². The van der Waals surface area contributed by atoms with Crippen molar-refractivity contribution in [2.45, 2.75) is 17.7 Å². The highest BCUT2D eigenvalue weighted by Gasteiger charge is 2.21. The van der Waals surface area contributed by atoms with Crippen molar-refractivity contribution in [3.05, 3.63) is 29.8 Å². The number of likely N-dealkylation sites (N-methyl/N-ethyl adjacent to an activating group) is 1. The van der Waals surface area contributed by atoms with Gasteiger partial charge in [-0.15, -0.1) is 0 Å². The number of hydrogen-bond acceptors (Lipinski definition) is 5. The third-order valence-corrected chi connectivity index (χ3v) is 5.61. The zero-order chi connectivity index (χ0) is 18.3. The zero-order valence-electron chi connectivity index (χ0n) is 14.7. The predicted molar refractivity (Wildman–Crippen MR) is 94.0 cm³/mol. The maximum atomic E-state index is 12.5. The van der Waals surface area contributed by atoms with E-state index in [9.17, 15) is 13.2 Å². The van der Waals surface area contributed by atoms with Crippen molar-refractivity contribution in [1.29, 1.82) is 0 Å². The van der Waals surface area contributed by atoms with Crippen molar-refractivity contribution >= 4 is 15.9 Å². The Morgan fingerprint density at radius 1 is 1.44 bits per heavy atom. The third kappa shape index (κ3) is 5.78. The largest absolute Gasteiger partial charge is 0.383 e. The molecule has 7 nitrogen and oxygen atoms in total. The first kappa shape index (κ1) is 19.8. The fraction of sp³-hybridized carbons (Fsp3) is 0.588. The van der Waals surface area contributed by atoms with E-state index in [1.807, 2.05) is 0 Å². The molecule has 1 amide bonds. The lowest BCUT2D eigenvalue weighted by Gasteiger charge is -2.22. The first-order chi connectivity index (χ1) is 11.9. The molecule has 8 heteroatoms. The summed E-state index contributed by atoms with van der Waals surface area (Å²) in [5.74, 6) is -0.0525. The molecule has 0 aromatic heterocycles. The van der Waals surface area contributed by atoms with E-state index in [-0.39, 0.29) is 16.7 Å². The zero-order valence-corrected chi connectivity index (χ0v) is 15.5. The van der Waals surface area contributed by atoms with E-state index < -0.39 is 10.0 Å². The number of nitrogens with zero attached hydrogens (tertiary/aromatic N) is 1. The minimum absolute atomic E-state index is 0.0928. The average Bonchev–Trinajstić information content (AvgIpc) is 2.65. The lowest BCUT2D eigenvalue weighted by Crippen LogP contribution is -2.33. The summed E-state index contributed by atoms with van der Waals surface area (Å²) >= 11 is 0. The molecule has 0 spiro atoms. The van der Waals surface area contributed by atoms with E-state index >= 15 is 0 Å². The number of nitrogens with one attached hydrogen (secondary N) is 1. The van der Waals surface area contributed by atoms with Gasteiger partial charge in [-0.25, -0.2) is 13.1 Å². The van der Waals surface area contributed by atoms with Gasteiger partial charge in [0.2, 0.25) is 10.0 Å². The monoisotopic (exact) mass is 370 g/mol. The fourth-order valence-corrected chi connectivity index (χ4v) is 3.79. The molecule has 25 heavy (non-hydrogen) atoms. The highest BCUT2D eigenvalue weighted by Crippen LogP contribution is 2.16. The van der Waals surface area contributed by atoms with Crippen molar-refractivity contribution in [3.63, 3.8) is 0 Å². The van der Waals surface area contributed by atoms with Gasteiger partial charge in [0.05, 0.1) is 18.1 Å². The van der Waals surface area contributed by atoms with Crippen LogP contribution in [0.15, 0.2) is 29.2 Å². The summed E-state index contributed by atoms with van der Waals surface area (Å²) in [5.41, 5.74) is 0.336. The number of carbonyl (C=O) groups is 1. The Kier molecular flexibility index (Phi) is 7.37. The molecule has 0 saturated carbocycles. The maximum Gasteiger partial charge on any atom is 0.253 e. The number of methoxy groups -OCH3 is 1. The summed E-state index contributed by atoms with van der Waals surface area (Å²) in [5, 5.41) is 0. The minimum Gasteiger partial charge on any atom is -0.383 e. The molecule has 1 aliphatic rings. The van der Waals surface area contributed by atoms with Gasteiger partial charge < -0.3 is 14.4 Å². The SMILES string of the molecule is COCCN(C)C(=O)c1cccc(S(=O)(=O)NC[C@H]2CCCOC2)c1. The van der Waals surface area contributed by atoms with E-state index in [4.69, 9.17) is 9.47 Å². The lowest BCUT2D eigenvalue weighted by atomic mass is 10.0. The smallest absolute Gasteiger partial charge is 0.253 e. The second kappa shape index (κ2) is 9.28. The van der Waals surface area contributed by atoms with Crippen molar-refractivity contribution in [1.82, 2.24) is 9.62 Å². The van der Waals surface area contributed by atoms with Gasteiger partial charge in [-0.2, -0.15) is 0 Å². The van der Waals surface area contributed by atoms with E-state index in [1.165, 1.54) is 17.0 Å². The highest BCUT2D eigenvalue weighted by atomic mass is 32.2. The molecule has 1 saturated heterocycles. The molecule has 1 aromatic carbocycles. The van der Waals surface area contributed by atoms with E-state index in [0.29, 0.717) is 31.9 Å². The van der Waals surface area contributed by atoms with Crippen LogP contribution in [0.1, 0.15) is 23.2 Å². The van der Waals surface area contributed by atoms with Gasteiger partial charge in [-0.05, 0) is 37.0 Å². The minimum atomic E-state index is -3.66. The van der Waals surface area contributed by atoms with Crippen LogP contribution >= 0.6 is 0 Å². The molecule has 0 aliphatic carbocycles. The second-order valence-electron chi connectivity index (χ2n) is 6.18. The molecular formula is C17H26N2O5S. The number of carbonyl (C=O) groups excluding carboxylic acids is 1. The number of benzene rings is 1. The number of rotatable bonds is 8. The first-order valence-electron chi connectivity index (χ1n) is 8.36. The van der Waals surface area contributed by atoms with E-state index in [2.05, 4.69) is 4.72 Å². The molecule has 1 fully saturated rings. The summed E-state index contributed by atoms with van der Waals surface area (Å²) in [7, 11) is -0.439. The van der Waals surface area contributed by atoms with Gasteiger partial charge >= 0.3 is 0 Å². The van der Waals surface area contributed by atoms with Crippen molar-refractivity contribution in [3.8, 4) is 0 Å². The van der Waals surface area contributed by atoms with Crippen LogP contribution in [0.3, 0.4) is 0 Å². The number of hydrogen-bond donors (Lipinski definition) is 1. The van der Waals surface area contributed by atoms with Gasteiger partial charge in [0.15, 0.2) is 0 Å². The predicted octanol–water partition coefficient (Wildman–Crippen LogP) is 1.11. The number of amides is 1. The van der Waals surface area contributed by atoms with Gasteiger partial charge in [0, 0.05) is 39.4 Å².